The molecule has 2 aromatic rings. The smallest absolute Gasteiger partial charge is 0.317 e. The van der Waals surface area contributed by atoms with Gasteiger partial charge in [-0.15, -0.1) is 0 Å². The van der Waals surface area contributed by atoms with E-state index in [2.05, 4.69) is 10.4 Å². The Morgan fingerprint density at radius 1 is 1.45 bits per heavy atom. The van der Waals surface area contributed by atoms with Gasteiger partial charge < -0.3 is 15.0 Å². The fraction of sp³-hybridized carbons (Fsp3) is 0.375. The number of aryl methyl sites for hydroxylation is 1. The molecule has 1 heterocycles. The fourth-order valence-electron chi connectivity index (χ4n) is 2.30. The number of benzene rings is 1. The van der Waals surface area contributed by atoms with Gasteiger partial charge in [0.2, 0.25) is 0 Å². The van der Waals surface area contributed by atoms with Crippen molar-refractivity contribution >= 4 is 6.03 Å². The van der Waals surface area contributed by atoms with Gasteiger partial charge in [-0.2, -0.15) is 5.10 Å². The van der Waals surface area contributed by atoms with Crippen molar-refractivity contribution in [3.8, 4) is 5.75 Å². The van der Waals surface area contributed by atoms with Gasteiger partial charge in [-0.25, -0.2) is 4.79 Å². The molecular weight excluding hydrogens is 280 g/mol. The van der Waals surface area contributed by atoms with E-state index in [-0.39, 0.29) is 12.1 Å². The van der Waals surface area contributed by atoms with Gasteiger partial charge in [0.15, 0.2) is 0 Å². The summed E-state index contributed by atoms with van der Waals surface area (Å²) in [4.78, 5) is 13.9. The number of amides is 2. The molecule has 0 radical (unpaired) electrons. The Balaban J connectivity index is 1.98. The van der Waals surface area contributed by atoms with Crippen molar-refractivity contribution in [3.63, 3.8) is 0 Å². The Bertz CT molecular complexity index is 639. The normalized spacial score (nSPS) is 11.8. The summed E-state index contributed by atoms with van der Waals surface area (Å²) in [6, 6.07) is 7.40. The van der Waals surface area contributed by atoms with E-state index in [4.69, 9.17) is 4.74 Å². The predicted octanol–water partition coefficient (Wildman–Crippen LogP) is 2.33. The molecular formula is C16H22N4O2. The van der Waals surface area contributed by atoms with Crippen molar-refractivity contribution in [3.05, 3.63) is 47.8 Å². The van der Waals surface area contributed by atoms with Crippen LogP contribution in [-0.4, -0.2) is 34.9 Å². The number of urea groups is 1. The topological polar surface area (TPSA) is 59.4 Å². The molecule has 0 saturated heterocycles. The summed E-state index contributed by atoms with van der Waals surface area (Å²) in [7, 11) is 5.24. The highest BCUT2D eigenvalue weighted by Crippen LogP contribution is 2.24. The standard InChI is InChI=1S/C16H22N4O2/c1-12(14-7-5-6-8-15(14)22-4)18-16(21)19(2)10-13-9-17-20(3)11-13/h5-9,11-12H,10H2,1-4H3,(H,18,21)/t12-/m1/s1. The van der Waals surface area contributed by atoms with Crippen molar-refractivity contribution in [2.45, 2.75) is 19.5 Å². The zero-order valence-electron chi connectivity index (χ0n) is 13.4. The number of rotatable bonds is 5. The lowest BCUT2D eigenvalue weighted by molar-refractivity contribution is 0.203. The number of carbonyl (C=O) groups excluding carboxylic acids is 1. The van der Waals surface area contributed by atoms with Gasteiger partial charge in [-0.3, -0.25) is 4.68 Å². The first-order chi connectivity index (χ1) is 10.5. The molecule has 0 aliphatic carbocycles. The maximum absolute atomic E-state index is 12.3. The quantitative estimate of drug-likeness (QED) is 0.922. The molecule has 2 amide bonds. The summed E-state index contributed by atoms with van der Waals surface area (Å²) in [6.45, 7) is 2.45. The maximum atomic E-state index is 12.3. The summed E-state index contributed by atoms with van der Waals surface area (Å²) in [5.41, 5.74) is 1.94. The average molecular weight is 302 g/mol. The first kappa shape index (κ1) is 15.9. The Kier molecular flexibility index (Phi) is 5.04. The number of hydrogen-bond donors (Lipinski definition) is 1. The lowest BCUT2D eigenvalue weighted by Gasteiger charge is -2.22. The van der Waals surface area contributed by atoms with E-state index in [1.54, 1.807) is 29.9 Å². The summed E-state index contributed by atoms with van der Waals surface area (Å²) < 4.78 is 7.05. The van der Waals surface area contributed by atoms with E-state index in [1.807, 2.05) is 44.4 Å². The van der Waals surface area contributed by atoms with Crippen molar-refractivity contribution in [1.29, 1.82) is 0 Å². The van der Waals surface area contributed by atoms with E-state index in [0.717, 1.165) is 16.9 Å². The van der Waals surface area contributed by atoms with E-state index < -0.39 is 0 Å². The van der Waals surface area contributed by atoms with E-state index in [9.17, 15) is 4.79 Å². The van der Waals surface area contributed by atoms with Crippen LogP contribution in [0.1, 0.15) is 24.1 Å². The molecule has 0 saturated carbocycles. The third kappa shape index (κ3) is 3.78. The molecule has 1 N–H and O–H groups in total. The molecule has 0 spiro atoms. The van der Waals surface area contributed by atoms with Crippen LogP contribution in [0.15, 0.2) is 36.7 Å². The molecule has 6 heteroatoms. The Morgan fingerprint density at radius 2 is 2.18 bits per heavy atom. The van der Waals surface area contributed by atoms with Crippen LogP contribution in [0.3, 0.4) is 0 Å². The average Bonchev–Trinajstić information content (AvgIpc) is 2.92. The van der Waals surface area contributed by atoms with Crippen molar-refractivity contribution in [1.82, 2.24) is 20.0 Å². The van der Waals surface area contributed by atoms with Crippen LogP contribution in [0, 0.1) is 0 Å². The molecule has 22 heavy (non-hydrogen) atoms. The third-order valence-corrected chi connectivity index (χ3v) is 3.47. The maximum Gasteiger partial charge on any atom is 0.317 e. The highest BCUT2D eigenvalue weighted by molar-refractivity contribution is 5.74. The van der Waals surface area contributed by atoms with E-state index in [0.29, 0.717) is 6.54 Å². The minimum absolute atomic E-state index is 0.137. The van der Waals surface area contributed by atoms with Crippen molar-refractivity contribution in [2.24, 2.45) is 7.05 Å². The monoisotopic (exact) mass is 302 g/mol. The molecule has 0 aliphatic rings. The number of nitrogens with one attached hydrogen (secondary N) is 1. The first-order valence-electron chi connectivity index (χ1n) is 7.13. The number of nitrogens with zero attached hydrogens (tertiary/aromatic N) is 3. The van der Waals surface area contributed by atoms with Crippen molar-refractivity contribution < 1.29 is 9.53 Å². The highest BCUT2D eigenvalue weighted by atomic mass is 16.5. The van der Waals surface area contributed by atoms with Crippen LogP contribution < -0.4 is 10.1 Å². The van der Waals surface area contributed by atoms with Crippen molar-refractivity contribution in [2.75, 3.05) is 14.2 Å². The summed E-state index contributed by atoms with van der Waals surface area (Å²) in [6.07, 6.45) is 3.65. The Labute approximate surface area is 130 Å². The molecule has 1 atom stereocenters. The largest absolute Gasteiger partial charge is 0.496 e. The van der Waals surface area contributed by atoms with Crippen LogP contribution in [-0.2, 0) is 13.6 Å². The minimum Gasteiger partial charge on any atom is -0.496 e. The van der Waals surface area contributed by atoms with E-state index >= 15 is 0 Å². The van der Waals surface area contributed by atoms with Gasteiger partial charge in [0.05, 0.1) is 25.9 Å². The van der Waals surface area contributed by atoms with E-state index in [1.165, 1.54) is 0 Å². The van der Waals surface area contributed by atoms with Crippen LogP contribution in [0.2, 0.25) is 0 Å². The summed E-state index contributed by atoms with van der Waals surface area (Å²) in [5.74, 6) is 0.769. The minimum atomic E-state index is -0.139. The molecule has 0 bridgehead atoms. The summed E-state index contributed by atoms with van der Waals surface area (Å²) >= 11 is 0. The number of methoxy groups -OCH3 is 1. The second-order valence-corrected chi connectivity index (χ2v) is 5.29. The van der Waals surface area contributed by atoms with Gasteiger partial charge in [0.25, 0.3) is 0 Å². The number of ether oxygens (including phenoxy) is 1. The van der Waals surface area contributed by atoms with Crippen LogP contribution in [0.4, 0.5) is 4.79 Å². The van der Waals surface area contributed by atoms with Crippen LogP contribution >= 0.6 is 0 Å². The zero-order chi connectivity index (χ0) is 16.1. The summed E-state index contributed by atoms with van der Waals surface area (Å²) in [5, 5.41) is 7.08. The Hall–Kier alpha value is -2.50. The SMILES string of the molecule is COc1ccccc1[C@@H](C)NC(=O)N(C)Cc1cnn(C)c1. The van der Waals surface area contributed by atoms with Gasteiger partial charge in [-0.05, 0) is 13.0 Å². The Morgan fingerprint density at radius 3 is 2.82 bits per heavy atom. The van der Waals surface area contributed by atoms with Gasteiger partial charge >= 0.3 is 6.03 Å². The van der Waals surface area contributed by atoms with Crippen LogP contribution in [0.5, 0.6) is 5.75 Å². The molecule has 118 valence electrons. The lowest BCUT2D eigenvalue weighted by atomic mass is 10.1. The van der Waals surface area contributed by atoms with Gasteiger partial charge in [0, 0.05) is 31.4 Å². The molecule has 1 aromatic carbocycles. The predicted molar refractivity (Wildman–Crippen MR) is 84.6 cm³/mol. The second kappa shape index (κ2) is 6.98. The molecule has 1 aromatic heterocycles. The molecule has 0 aliphatic heterocycles. The molecule has 0 unspecified atom stereocenters. The zero-order valence-corrected chi connectivity index (χ0v) is 13.4. The molecule has 0 fully saturated rings. The van der Waals surface area contributed by atoms with Gasteiger partial charge in [0.1, 0.15) is 5.75 Å². The second-order valence-electron chi connectivity index (χ2n) is 5.29. The number of aromatic nitrogens is 2. The number of para-hydroxylation sites is 1. The lowest BCUT2D eigenvalue weighted by Crippen LogP contribution is -2.38. The molecule has 2 rings (SSSR count). The number of hydrogen-bond acceptors (Lipinski definition) is 3. The fourth-order valence-corrected chi connectivity index (χ4v) is 2.30. The highest BCUT2D eigenvalue weighted by Gasteiger charge is 2.16. The third-order valence-electron chi connectivity index (χ3n) is 3.47. The first-order valence-corrected chi connectivity index (χ1v) is 7.13. The number of carbonyl (C=O) groups is 1. The molecule has 6 nitrogen and oxygen atoms in total. The van der Waals surface area contributed by atoms with Gasteiger partial charge in [-0.1, -0.05) is 18.2 Å². The van der Waals surface area contributed by atoms with Crippen LogP contribution in [0.25, 0.3) is 0 Å².